The van der Waals surface area contributed by atoms with Crippen LogP contribution in [0.15, 0.2) is 42.9 Å². The van der Waals surface area contributed by atoms with Gasteiger partial charge in [-0.2, -0.15) is 0 Å². The molecule has 0 bridgehead atoms. The largest absolute Gasteiger partial charge is 0.380 e. The lowest BCUT2D eigenvalue weighted by atomic mass is 9.88. The number of pyridine rings is 1. The highest BCUT2D eigenvalue weighted by atomic mass is 19.1. The number of carbonyl (C=O) groups excluding carboxylic acids is 1. The third-order valence-electron chi connectivity index (χ3n) is 6.11. The Bertz CT molecular complexity index is 1060. The fourth-order valence-corrected chi connectivity index (χ4v) is 4.40. The molecule has 1 amide bonds. The molecule has 0 unspecified atom stereocenters. The summed E-state index contributed by atoms with van der Waals surface area (Å²) in [7, 11) is 0. The van der Waals surface area contributed by atoms with Crippen LogP contribution in [0.2, 0.25) is 0 Å². The molecule has 3 aromatic rings. The summed E-state index contributed by atoms with van der Waals surface area (Å²) in [6.07, 6.45) is 6.86. The summed E-state index contributed by atoms with van der Waals surface area (Å²) in [5, 5.41) is 0.854. The van der Waals surface area contributed by atoms with Gasteiger partial charge in [0.1, 0.15) is 5.82 Å². The molecule has 1 aliphatic heterocycles. The number of fused-ring (bicyclic) bond motifs is 1. The number of nitrogens with zero attached hydrogens (tertiary/aromatic N) is 3. The van der Waals surface area contributed by atoms with Crippen LogP contribution in [0.1, 0.15) is 47.2 Å². The number of halogens is 1. The van der Waals surface area contributed by atoms with Crippen molar-refractivity contribution in [2.24, 2.45) is 5.73 Å². The van der Waals surface area contributed by atoms with Crippen LogP contribution in [0.4, 0.5) is 4.39 Å². The van der Waals surface area contributed by atoms with Gasteiger partial charge in [-0.05, 0) is 48.9 Å². The van der Waals surface area contributed by atoms with Crippen molar-refractivity contribution in [3.8, 4) is 0 Å². The van der Waals surface area contributed by atoms with Crippen LogP contribution in [0.5, 0.6) is 0 Å². The fourth-order valence-electron chi connectivity index (χ4n) is 4.40. The number of rotatable bonds is 7. The minimum absolute atomic E-state index is 0.00258. The van der Waals surface area contributed by atoms with Crippen LogP contribution in [-0.4, -0.2) is 46.7 Å². The van der Waals surface area contributed by atoms with Gasteiger partial charge in [0.25, 0.3) is 5.91 Å². The van der Waals surface area contributed by atoms with Crippen molar-refractivity contribution >= 4 is 16.8 Å². The molecule has 0 saturated carbocycles. The van der Waals surface area contributed by atoms with Gasteiger partial charge in [-0.3, -0.25) is 9.78 Å². The Morgan fingerprint density at radius 1 is 1.29 bits per heavy atom. The summed E-state index contributed by atoms with van der Waals surface area (Å²) in [6.45, 7) is 5.50. The van der Waals surface area contributed by atoms with Gasteiger partial charge < -0.3 is 19.9 Å². The summed E-state index contributed by atoms with van der Waals surface area (Å²) in [4.78, 5) is 19.4. The number of amides is 1. The van der Waals surface area contributed by atoms with Gasteiger partial charge in [0, 0.05) is 56.8 Å². The Balaban J connectivity index is 1.50. The SMILES string of the molecule is CCOCCn1cc(C(=O)N2CCC(c3cc(CN)ccc3F)CC2)c2cnccc21. The summed E-state index contributed by atoms with van der Waals surface area (Å²) in [5.74, 6) is -0.0852. The van der Waals surface area contributed by atoms with E-state index in [1.807, 2.05) is 30.2 Å². The van der Waals surface area contributed by atoms with E-state index >= 15 is 0 Å². The number of nitrogens with two attached hydrogens (primary N) is 1. The average Bonchev–Trinajstić information content (AvgIpc) is 3.18. The lowest BCUT2D eigenvalue weighted by molar-refractivity contribution is 0.0714. The zero-order chi connectivity index (χ0) is 21.8. The van der Waals surface area contributed by atoms with Gasteiger partial charge in [-0.1, -0.05) is 12.1 Å². The number of benzene rings is 1. The molecule has 1 aliphatic rings. The Morgan fingerprint density at radius 2 is 2.10 bits per heavy atom. The lowest BCUT2D eigenvalue weighted by Crippen LogP contribution is -2.38. The minimum Gasteiger partial charge on any atom is -0.380 e. The highest BCUT2D eigenvalue weighted by Crippen LogP contribution is 2.32. The number of ether oxygens (including phenoxy) is 1. The van der Waals surface area contributed by atoms with Gasteiger partial charge in [0.15, 0.2) is 0 Å². The zero-order valence-corrected chi connectivity index (χ0v) is 17.9. The molecule has 0 atom stereocenters. The molecule has 7 heteroatoms. The van der Waals surface area contributed by atoms with Crippen LogP contribution in [-0.2, 0) is 17.8 Å². The number of likely N-dealkylation sites (tertiary alicyclic amines) is 1. The van der Waals surface area contributed by atoms with E-state index in [0.29, 0.717) is 50.5 Å². The maximum Gasteiger partial charge on any atom is 0.256 e. The van der Waals surface area contributed by atoms with E-state index in [4.69, 9.17) is 10.5 Å². The van der Waals surface area contributed by atoms with E-state index in [9.17, 15) is 9.18 Å². The zero-order valence-electron chi connectivity index (χ0n) is 17.9. The maximum absolute atomic E-state index is 14.4. The van der Waals surface area contributed by atoms with E-state index in [-0.39, 0.29) is 17.6 Å². The predicted octanol–water partition coefficient (Wildman–Crippen LogP) is 3.69. The normalized spacial score (nSPS) is 15.0. The van der Waals surface area contributed by atoms with E-state index < -0.39 is 0 Å². The molecular formula is C24H29FN4O2. The topological polar surface area (TPSA) is 73.4 Å². The minimum atomic E-state index is -0.189. The van der Waals surface area contributed by atoms with Gasteiger partial charge in [0.05, 0.1) is 17.7 Å². The smallest absolute Gasteiger partial charge is 0.256 e. The first-order valence-corrected chi connectivity index (χ1v) is 10.9. The highest BCUT2D eigenvalue weighted by molar-refractivity contribution is 6.06. The van der Waals surface area contributed by atoms with Gasteiger partial charge in [0.2, 0.25) is 0 Å². The lowest BCUT2D eigenvalue weighted by Gasteiger charge is -2.32. The second-order valence-electron chi connectivity index (χ2n) is 7.95. The average molecular weight is 425 g/mol. The fraction of sp³-hybridized carbons (Fsp3) is 0.417. The van der Waals surface area contributed by atoms with E-state index in [1.165, 1.54) is 6.07 Å². The van der Waals surface area contributed by atoms with Crippen molar-refractivity contribution in [1.82, 2.24) is 14.5 Å². The van der Waals surface area contributed by atoms with Crippen molar-refractivity contribution < 1.29 is 13.9 Å². The Morgan fingerprint density at radius 3 is 2.84 bits per heavy atom. The molecule has 6 nitrogen and oxygen atoms in total. The molecule has 1 saturated heterocycles. The van der Waals surface area contributed by atoms with Gasteiger partial charge in [-0.25, -0.2) is 4.39 Å². The molecule has 4 rings (SSSR count). The summed E-state index contributed by atoms with van der Waals surface area (Å²) >= 11 is 0. The molecule has 1 aromatic carbocycles. The number of aromatic nitrogens is 2. The first-order valence-electron chi connectivity index (χ1n) is 10.9. The van der Waals surface area contributed by atoms with Gasteiger partial charge >= 0.3 is 0 Å². The van der Waals surface area contributed by atoms with E-state index in [1.54, 1.807) is 18.5 Å². The molecule has 31 heavy (non-hydrogen) atoms. The number of piperidine rings is 1. The van der Waals surface area contributed by atoms with Crippen LogP contribution in [0, 0.1) is 5.82 Å². The van der Waals surface area contributed by atoms with Crippen molar-refractivity contribution in [3.63, 3.8) is 0 Å². The Kier molecular flexibility index (Phi) is 6.63. The summed E-state index contributed by atoms with van der Waals surface area (Å²) < 4.78 is 21.9. The molecule has 1 fully saturated rings. The van der Waals surface area contributed by atoms with Crippen LogP contribution in [0.25, 0.3) is 10.9 Å². The van der Waals surface area contributed by atoms with Crippen molar-refractivity contribution in [2.45, 2.75) is 38.8 Å². The highest BCUT2D eigenvalue weighted by Gasteiger charge is 2.28. The number of carbonyl (C=O) groups is 1. The Hall–Kier alpha value is -2.77. The molecular weight excluding hydrogens is 395 g/mol. The number of hydrogen-bond acceptors (Lipinski definition) is 4. The van der Waals surface area contributed by atoms with Gasteiger partial charge in [-0.15, -0.1) is 0 Å². The Labute approximate surface area is 181 Å². The third kappa shape index (κ3) is 4.48. The molecule has 2 N–H and O–H groups in total. The van der Waals surface area contributed by atoms with Crippen molar-refractivity contribution in [1.29, 1.82) is 0 Å². The molecule has 0 aliphatic carbocycles. The second-order valence-corrected chi connectivity index (χ2v) is 7.95. The van der Waals surface area contributed by atoms with Crippen LogP contribution in [0.3, 0.4) is 0 Å². The standard InChI is InChI=1S/C24H29FN4O2/c1-2-31-12-11-29-16-21(20-15-27-8-5-23(20)29)24(30)28-9-6-18(7-10-28)19-13-17(14-26)3-4-22(19)25/h3-5,8,13,15-16,18H,2,6-7,9-12,14,26H2,1H3. The maximum atomic E-state index is 14.4. The van der Waals surface area contributed by atoms with Crippen LogP contribution < -0.4 is 5.73 Å². The quantitative estimate of drug-likeness (QED) is 0.587. The monoisotopic (exact) mass is 424 g/mol. The molecule has 0 radical (unpaired) electrons. The number of hydrogen-bond donors (Lipinski definition) is 1. The first-order chi connectivity index (χ1) is 15.1. The molecule has 2 aromatic heterocycles. The summed E-state index contributed by atoms with van der Waals surface area (Å²) in [5.41, 5.74) is 9.01. The third-order valence-corrected chi connectivity index (χ3v) is 6.11. The van der Waals surface area contributed by atoms with E-state index in [2.05, 4.69) is 9.55 Å². The molecule has 0 spiro atoms. The first kappa shape index (κ1) is 21.5. The second kappa shape index (κ2) is 9.58. The predicted molar refractivity (Wildman–Crippen MR) is 118 cm³/mol. The molecule has 164 valence electrons. The van der Waals surface area contributed by atoms with Crippen molar-refractivity contribution in [3.05, 3.63) is 65.4 Å². The van der Waals surface area contributed by atoms with Crippen LogP contribution >= 0.6 is 0 Å². The van der Waals surface area contributed by atoms with E-state index in [0.717, 1.165) is 29.3 Å². The summed E-state index contributed by atoms with van der Waals surface area (Å²) in [6, 6.07) is 7.03. The van der Waals surface area contributed by atoms with Crippen molar-refractivity contribution in [2.75, 3.05) is 26.3 Å². The molecule has 3 heterocycles.